The molecule has 2 aromatic carbocycles. The average molecular weight is 290 g/mol. The van der Waals surface area contributed by atoms with Gasteiger partial charge >= 0.3 is 0 Å². The molecular formula is C17H16F2O2. The molecule has 0 saturated heterocycles. The van der Waals surface area contributed by atoms with Gasteiger partial charge in [0.15, 0.2) is 17.3 Å². The molecule has 0 heterocycles. The van der Waals surface area contributed by atoms with Crippen LogP contribution < -0.4 is 4.74 Å². The summed E-state index contributed by atoms with van der Waals surface area (Å²) < 4.78 is 31.5. The monoisotopic (exact) mass is 290 g/mol. The Morgan fingerprint density at radius 3 is 2.52 bits per heavy atom. The van der Waals surface area contributed by atoms with Crippen molar-refractivity contribution < 1.29 is 18.3 Å². The quantitative estimate of drug-likeness (QED) is 0.585. The highest BCUT2D eigenvalue weighted by molar-refractivity contribution is 5.95. The summed E-state index contributed by atoms with van der Waals surface area (Å²) in [7, 11) is 0. The second kappa shape index (κ2) is 6.97. The van der Waals surface area contributed by atoms with E-state index in [1.165, 1.54) is 30.3 Å². The summed E-state index contributed by atoms with van der Waals surface area (Å²) in [4.78, 5) is 11.8. The van der Waals surface area contributed by atoms with E-state index in [1.807, 2.05) is 6.92 Å². The van der Waals surface area contributed by atoms with Crippen molar-refractivity contribution in [2.75, 3.05) is 6.61 Å². The zero-order valence-corrected chi connectivity index (χ0v) is 11.7. The molecule has 0 radical (unpaired) electrons. The molecule has 0 bridgehead atoms. The van der Waals surface area contributed by atoms with Gasteiger partial charge in [0.2, 0.25) is 0 Å². The number of ketones is 1. The molecule has 2 aromatic rings. The second-order valence-corrected chi connectivity index (χ2v) is 4.82. The van der Waals surface area contributed by atoms with Crippen LogP contribution in [0.5, 0.6) is 5.75 Å². The molecule has 0 fully saturated rings. The molecule has 0 N–H and O–H groups in total. The van der Waals surface area contributed by atoms with E-state index >= 15 is 0 Å². The number of ether oxygens (including phenoxy) is 1. The van der Waals surface area contributed by atoms with Crippen LogP contribution in [0.3, 0.4) is 0 Å². The van der Waals surface area contributed by atoms with Crippen molar-refractivity contribution in [1.29, 1.82) is 0 Å². The van der Waals surface area contributed by atoms with Gasteiger partial charge in [-0.1, -0.05) is 6.07 Å². The highest BCUT2D eigenvalue weighted by Crippen LogP contribution is 2.18. The number of rotatable bonds is 6. The van der Waals surface area contributed by atoms with Gasteiger partial charge in [-0.05, 0) is 55.3 Å². The summed E-state index contributed by atoms with van der Waals surface area (Å²) in [5.74, 6) is -0.664. The van der Waals surface area contributed by atoms with Gasteiger partial charge in [0.25, 0.3) is 0 Å². The molecule has 0 aliphatic heterocycles. The Morgan fingerprint density at radius 1 is 1.10 bits per heavy atom. The molecule has 0 amide bonds. The Kier molecular flexibility index (Phi) is 5.04. The Labute approximate surface area is 122 Å². The van der Waals surface area contributed by atoms with Crippen LogP contribution in [0.2, 0.25) is 0 Å². The lowest BCUT2D eigenvalue weighted by molar-refractivity contribution is 0.0973. The smallest absolute Gasteiger partial charge is 0.165 e. The number of benzene rings is 2. The first kappa shape index (κ1) is 15.2. The van der Waals surface area contributed by atoms with Crippen LogP contribution in [-0.2, 0) is 0 Å². The minimum Gasteiger partial charge on any atom is -0.490 e. The van der Waals surface area contributed by atoms with E-state index in [2.05, 4.69) is 0 Å². The third-order valence-corrected chi connectivity index (χ3v) is 3.06. The van der Waals surface area contributed by atoms with Crippen LogP contribution in [0, 0.1) is 18.6 Å². The predicted octanol–water partition coefficient (Wildman–Crippen LogP) is 4.32. The van der Waals surface area contributed by atoms with Crippen LogP contribution in [0.1, 0.15) is 28.8 Å². The van der Waals surface area contributed by atoms with Gasteiger partial charge in [-0.3, -0.25) is 4.79 Å². The molecule has 0 unspecified atom stereocenters. The summed E-state index contributed by atoms with van der Waals surface area (Å²) in [5, 5.41) is 0. The first-order chi connectivity index (χ1) is 10.1. The molecule has 0 spiro atoms. The van der Waals surface area contributed by atoms with Crippen LogP contribution >= 0.6 is 0 Å². The first-order valence-corrected chi connectivity index (χ1v) is 6.74. The van der Waals surface area contributed by atoms with Crippen LogP contribution in [0.4, 0.5) is 8.78 Å². The third-order valence-electron chi connectivity index (χ3n) is 3.06. The Bertz CT molecular complexity index is 621. The summed E-state index contributed by atoms with van der Waals surface area (Å²) in [6, 6.07) is 10.1. The van der Waals surface area contributed by atoms with Gasteiger partial charge in [0.05, 0.1) is 6.61 Å². The van der Waals surface area contributed by atoms with Crippen molar-refractivity contribution >= 4 is 5.78 Å². The van der Waals surface area contributed by atoms with Gasteiger partial charge in [-0.2, -0.15) is 0 Å². The van der Waals surface area contributed by atoms with E-state index < -0.39 is 5.82 Å². The lowest BCUT2D eigenvalue weighted by Gasteiger charge is -2.07. The Morgan fingerprint density at radius 2 is 1.81 bits per heavy atom. The fraction of sp³-hybridized carbons (Fsp3) is 0.235. The van der Waals surface area contributed by atoms with Crippen LogP contribution in [0.25, 0.3) is 0 Å². The van der Waals surface area contributed by atoms with Crippen molar-refractivity contribution in [2.45, 2.75) is 19.8 Å². The minimum absolute atomic E-state index is 0.0803. The predicted molar refractivity (Wildman–Crippen MR) is 76.6 cm³/mol. The van der Waals surface area contributed by atoms with Crippen LogP contribution in [-0.4, -0.2) is 12.4 Å². The molecule has 0 aromatic heterocycles. The van der Waals surface area contributed by atoms with E-state index in [0.717, 1.165) is 5.56 Å². The Balaban J connectivity index is 1.80. The molecule has 21 heavy (non-hydrogen) atoms. The summed E-state index contributed by atoms with van der Waals surface area (Å²) >= 11 is 0. The van der Waals surface area contributed by atoms with Crippen molar-refractivity contribution in [2.24, 2.45) is 0 Å². The highest BCUT2D eigenvalue weighted by atomic mass is 19.1. The maximum absolute atomic E-state index is 13.4. The molecule has 0 atom stereocenters. The summed E-state index contributed by atoms with van der Waals surface area (Å²) in [6.07, 6.45) is 0.753. The van der Waals surface area contributed by atoms with E-state index in [1.54, 1.807) is 12.1 Å². The maximum Gasteiger partial charge on any atom is 0.165 e. The second-order valence-electron chi connectivity index (χ2n) is 4.82. The van der Waals surface area contributed by atoms with Crippen molar-refractivity contribution in [3.63, 3.8) is 0 Å². The minimum atomic E-state index is -0.412. The van der Waals surface area contributed by atoms with Crippen molar-refractivity contribution in [1.82, 2.24) is 0 Å². The molecule has 2 nitrogen and oxygen atoms in total. The highest BCUT2D eigenvalue weighted by Gasteiger charge is 2.07. The summed E-state index contributed by atoms with van der Waals surface area (Å²) in [6.45, 7) is 2.11. The maximum atomic E-state index is 13.4. The fourth-order valence-corrected chi connectivity index (χ4v) is 1.92. The Hall–Kier alpha value is -2.23. The van der Waals surface area contributed by atoms with E-state index in [0.29, 0.717) is 12.0 Å². The largest absolute Gasteiger partial charge is 0.490 e. The average Bonchev–Trinajstić information content (AvgIpc) is 2.47. The summed E-state index contributed by atoms with van der Waals surface area (Å²) in [5.41, 5.74) is 1.38. The number of halogens is 2. The van der Waals surface area contributed by atoms with Crippen molar-refractivity contribution in [3.8, 4) is 5.75 Å². The topological polar surface area (TPSA) is 26.3 Å². The van der Waals surface area contributed by atoms with E-state index in [-0.39, 0.29) is 30.4 Å². The van der Waals surface area contributed by atoms with Gasteiger partial charge in [0, 0.05) is 12.0 Å². The van der Waals surface area contributed by atoms with Gasteiger partial charge < -0.3 is 4.74 Å². The number of hydrogen-bond donors (Lipinski definition) is 0. The lowest BCUT2D eigenvalue weighted by Crippen LogP contribution is -2.04. The lowest BCUT2D eigenvalue weighted by atomic mass is 10.1. The number of aryl methyl sites for hydroxylation is 1. The standard InChI is InChI=1S/C17H16F2O2/c1-12-4-9-15(19)17(11-12)21-10-2-3-16(20)13-5-7-14(18)8-6-13/h4-9,11H,2-3,10H2,1H3. The number of Topliss-reactive ketones (excluding diaryl/α,β-unsaturated/α-hetero) is 1. The number of hydrogen-bond acceptors (Lipinski definition) is 2. The van der Waals surface area contributed by atoms with E-state index in [9.17, 15) is 13.6 Å². The van der Waals surface area contributed by atoms with Gasteiger partial charge in [0.1, 0.15) is 5.82 Å². The zero-order valence-electron chi connectivity index (χ0n) is 11.7. The molecule has 0 saturated carbocycles. The third kappa shape index (κ3) is 4.38. The van der Waals surface area contributed by atoms with Gasteiger partial charge in [-0.25, -0.2) is 8.78 Å². The van der Waals surface area contributed by atoms with E-state index in [4.69, 9.17) is 4.74 Å². The molecule has 2 rings (SSSR count). The fourth-order valence-electron chi connectivity index (χ4n) is 1.92. The molecule has 4 heteroatoms. The van der Waals surface area contributed by atoms with Crippen LogP contribution in [0.15, 0.2) is 42.5 Å². The number of carbonyl (C=O) groups excluding carboxylic acids is 1. The molecule has 110 valence electrons. The zero-order chi connectivity index (χ0) is 15.2. The van der Waals surface area contributed by atoms with Crippen molar-refractivity contribution in [3.05, 3.63) is 65.2 Å². The first-order valence-electron chi connectivity index (χ1n) is 6.74. The molecular weight excluding hydrogens is 274 g/mol. The normalized spacial score (nSPS) is 10.4. The number of carbonyl (C=O) groups is 1. The molecule has 0 aliphatic rings. The van der Waals surface area contributed by atoms with Gasteiger partial charge in [-0.15, -0.1) is 0 Å². The SMILES string of the molecule is Cc1ccc(F)c(OCCCC(=O)c2ccc(F)cc2)c1. The molecule has 0 aliphatic carbocycles.